The van der Waals surface area contributed by atoms with E-state index in [4.69, 9.17) is 4.74 Å². The zero-order chi connectivity index (χ0) is 15.4. The second-order valence-corrected chi connectivity index (χ2v) is 4.49. The van der Waals surface area contributed by atoms with Crippen molar-refractivity contribution >= 4 is 17.6 Å². The van der Waals surface area contributed by atoms with E-state index in [9.17, 15) is 14.9 Å². The number of hydrogen-bond acceptors (Lipinski definition) is 5. The number of anilines is 1. The Kier molecular flexibility index (Phi) is 4.05. The van der Waals surface area contributed by atoms with E-state index in [1.165, 1.54) is 25.1 Å². The molecule has 1 heterocycles. The van der Waals surface area contributed by atoms with Crippen molar-refractivity contribution in [1.29, 1.82) is 5.26 Å². The molecule has 2 rings (SSSR count). The van der Waals surface area contributed by atoms with Crippen LogP contribution in [0.5, 0.6) is 0 Å². The number of rotatable bonds is 3. The Morgan fingerprint density at radius 3 is 2.52 bits per heavy atom. The van der Waals surface area contributed by atoms with Gasteiger partial charge in [0.15, 0.2) is 11.3 Å². The van der Waals surface area contributed by atoms with E-state index >= 15 is 0 Å². The number of likely N-dealkylation sites (N-methyl/N-ethyl adjacent to an activating group) is 1. The van der Waals surface area contributed by atoms with Gasteiger partial charge >= 0.3 is 5.97 Å². The molecular weight excluding hydrogens is 270 g/mol. The third-order valence-electron chi connectivity index (χ3n) is 2.72. The minimum absolute atomic E-state index is 0.0509. The Balaban J connectivity index is 2.39. The van der Waals surface area contributed by atoms with Crippen LogP contribution in [-0.2, 0) is 14.3 Å². The Hall–Kier alpha value is -3.07. The van der Waals surface area contributed by atoms with Crippen molar-refractivity contribution in [2.24, 2.45) is 0 Å². The lowest BCUT2D eigenvalue weighted by Gasteiger charge is -2.13. The highest BCUT2D eigenvalue weighted by Gasteiger charge is 2.28. The van der Waals surface area contributed by atoms with E-state index in [2.05, 4.69) is 5.32 Å². The minimum Gasteiger partial charge on any atom is -0.419 e. The van der Waals surface area contributed by atoms with Gasteiger partial charge in [0.2, 0.25) is 0 Å². The number of carbonyl (C=O) groups excluding carboxylic acids is 2. The molecule has 21 heavy (non-hydrogen) atoms. The normalized spacial score (nSPS) is 15.7. The number of para-hydroxylation sites is 1. The van der Waals surface area contributed by atoms with E-state index in [-0.39, 0.29) is 17.0 Å². The topological polar surface area (TPSA) is 82.4 Å². The molecule has 0 bridgehead atoms. The van der Waals surface area contributed by atoms with Gasteiger partial charge < -0.3 is 15.0 Å². The van der Waals surface area contributed by atoms with Crippen molar-refractivity contribution < 1.29 is 14.3 Å². The van der Waals surface area contributed by atoms with Crippen LogP contribution in [-0.4, -0.2) is 30.9 Å². The van der Waals surface area contributed by atoms with Gasteiger partial charge in [-0.2, -0.15) is 5.26 Å². The summed E-state index contributed by atoms with van der Waals surface area (Å²) in [4.78, 5) is 24.7. The fourth-order valence-electron chi connectivity index (χ4n) is 1.74. The average molecular weight is 283 g/mol. The Bertz CT molecular complexity index is 682. The van der Waals surface area contributed by atoms with Crippen molar-refractivity contribution in [2.75, 3.05) is 19.4 Å². The number of nitrogens with one attached hydrogen (secondary N) is 1. The summed E-state index contributed by atoms with van der Waals surface area (Å²) in [7, 11) is 3.04. The number of amides is 1. The number of benzene rings is 1. The van der Waals surface area contributed by atoms with Crippen LogP contribution < -0.4 is 5.32 Å². The highest BCUT2D eigenvalue weighted by atomic mass is 16.5. The Morgan fingerprint density at radius 1 is 1.29 bits per heavy atom. The van der Waals surface area contributed by atoms with Crippen LogP contribution in [0.1, 0.15) is 0 Å². The van der Waals surface area contributed by atoms with Gasteiger partial charge in [-0.25, -0.2) is 4.79 Å². The Labute approximate surface area is 121 Å². The number of ether oxygens (including phenoxy) is 1. The SMILES string of the molecule is CN(C)C(=O)/C(C#N)=C1\OC(=O)C=C1Nc1ccccc1. The van der Waals surface area contributed by atoms with Crippen molar-refractivity contribution in [2.45, 2.75) is 0 Å². The molecule has 0 unspecified atom stereocenters. The first-order valence-corrected chi connectivity index (χ1v) is 6.15. The largest absolute Gasteiger partial charge is 0.419 e. The van der Waals surface area contributed by atoms with Gasteiger partial charge in [-0.3, -0.25) is 4.79 Å². The van der Waals surface area contributed by atoms with Gasteiger partial charge in [0.05, 0.1) is 11.8 Å². The van der Waals surface area contributed by atoms with Gasteiger partial charge in [-0.15, -0.1) is 0 Å². The lowest BCUT2D eigenvalue weighted by atomic mass is 10.2. The molecule has 0 saturated heterocycles. The molecule has 6 heteroatoms. The molecule has 1 aliphatic heterocycles. The van der Waals surface area contributed by atoms with E-state index in [0.29, 0.717) is 5.69 Å². The molecule has 0 radical (unpaired) electrons. The van der Waals surface area contributed by atoms with Crippen LogP contribution in [0.2, 0.25) is 0 Å². The first kappa shape index (κ1) is 14.3. The number of carbonyl (C=O) groups is 2. The lowest BCUT2D eigenvalue weighted by molar-refractivity contribution is -0.132. The molecule has 0 atom stereocenters. The highest BCUT2D eigenvalue weighted by Crippen LogP contribution is 2.25. The average Bonchev–Trinajstić information content (AvgIpc) is 2.81. The smallest absolute Gasteiger partial charge is 0.338 e. The predicted octanol–water partition coefficient (Wildman–Crippen LogP) is 1.41. The molecule has 0 aliphatic carbocycles. The summed E-state index contributed by atoms with van der Waals surface area (Å²) in [5.41, 5.74) is 0.785. The summed E-state index contributed by atoms with van der Waals surface area (Å²) >= 11 is 0. The maximum Gasteiger partial charge on any atom is 0.338 e. The monoisotopic (exact) mass is 283 g/mol. The van der Waals surface area contributed by atoms with Gasteiger partial charge in [0, 0.05) is 19.8 Å². The number of nitriles is 1. The number of nitrogens with zero attached hydrogens (tertiary/aromatic N) is 2. The molecule has 1 N–H and O–H groups in total. The van der Waals surface area contributed by atoms with Crippen LogP contribution in [0.4, 0.5) is 5.69 Å². The molecule has 1 aliphatic rings. The van der Waals surface area contributed by atoms with E-state index < -0.39 is 11.9 Å². The molecule has 106 valence electrons. The minimum atomic E-state index is -0.622. The molecule has 1 amide bonds. The quantitative estimate of drug-likeness (QED) is 0.515. The van der Waals surface area contributed by atoms with Crippen LogP contribution in [0.15, 0.2) is 53.4 Å². The highest BCUT2D eigenvalue weighted by molar-refractivity contribution is 6.01. The molecule has 1 aromatic rings. The summed E-state index contributed by atoms with van der Waals surface area (Å²) in [6.45, 7) is 0. The van der Waals surface area contributed by atoms with Crippen LogP contribution in [0, 0.1) is 11.3 Å². The molecular formula is C15H13N3O3. The maximum absolute atomic E-state index is 12.0. The van der Waals surface area contributed by atoms with Crippen molar-refractivity contribution in [1.82, 2.24) is 4.90 Å². The van der Waals surface area contributed by atoms with E-state index in [1.54, 1.807) is 18.2 Å². The molecule has 1 aromatic carbocycles. The van der Waals surface area contributed by atoms with Crippen molar-refractivity contribution in [3.8, 4) is 6.07 Å². The number of cyclic esters (lactones) is 1. The van der Waals surface area contributed by atoms with Crippen LogP contribution in [0.25, 0.3) is 0 Å². The third-order valence-corrected chi connectivity index (χ3v) is 2.72. The molecule has 0 spiro atoms. The summed E-state index contributed by atoms with van der Waals surface area (Å²) < 4.78 is 4.99. The second-order valence-electron chi connectivity index (χ2n) is 4.49. The standard InChI is InChI=1S/C15H13N3O3/c1-18(2)15(20)11(9-16)14-12(8-13(19)21-14)17-10-6-4-3-5-7-10/h3-8,17H,1-2H3/b14-11-. The molecule has 0 saturated carbocycles. The van der Waals surface area contributed by atoms with E-state index in [1.807, 2.05) is 18.2 Å². The first-order valence-electron chi connectivity index (χ1n) is 6.15. The fraction of sp³-hybridized carbons (Fsp3) is 0.133. The van der Waals surface area contributed by atoms with Crippen LogP contribution >= 0.6 is 0 Å². The molecule has 0 fully saturated rings. The van der Waals surface area contributed by atoms with Crippen molar-refractivity contribution in [3.05, 3.63) is 53.4 Å². The summed E-state index contributed by atoms with van der Waals surface area (Å²) in [6, 6.07) is 10.9. The van der Waals surface area contributed by atoms with E-state index in [0.717, 1.165) is 0 Å². The first-order chi connectivity index (χ1) is 10.0. The zero-order valence-corrected chi connectivity index (χ0v) is 11.6. The number of esters is 1. The van der Waals surface area contributed by atoms with Crippen LogP contribution in [0.3, 0.4) is 0 Å². The third kappa shape index (κ3) is 3.09. The second kappa shape index (κ2) is 5.92. The maximum atomic E-state index is 12.0. The van der Waals surface area contributed by atoms with Gasteiger partial charge in [-0.05, 0) is 12.1 Å². The summed E-state index contributed by atoms with van der Waals surface area (Å²) in [5, 5.41) is 12.1. The van der Waals surface area contributed by atoms with Gasteiger partial charge in [0.25, 0.3) is 5.91 Å². The van der Waals surface area contributed by atoms with Gasteiger partial charge in [-0.1, -0.05) is 18.2 Å². The number of hydrogen-bond donors (Lipinski definition) is 1. The summed E-state index contributed by atoms with van der Waals surface area (Å²) in [5.74, 6) is -1.20. The predicted molar refractivity (Wildman–Crippen MR) is 75.6 cm³/mol. The van der Waals surface area contributed by atoms with Crippen molar-refractivity contribution in [3.63, 3.8) is 0 Å². The fourth-order valence-corrected chi connectivity index (χ4v) is 1.74. The van der Waals surface area contributed by atoms with Gasteiger partial charge in [0.1, 0.15) is 6.07 Å². The zero-order valence-electron chi connectivity index (χ0n) is 11.6. The molecule has 6 nitrogen and oxygen atoms in total. The molecule has 0 aromatic heterocycles. The Morgan fingerprint density at radius 2 is 1.95 bits per heavy atom. The summed E-state index contributed by atoms with van der Waals surface area (Å²) in [6.07, 6.45) is 1.21. The lowest BCUT2D eigenvalue weighted by Crippen LogP contribution is -2.24.